The highest BCUT2D eigenvalue weighted by molar-refractivity contribution is 5.77. The molecule has 2 N–H and O–H groups in total. The van der Waals surface area contributed by atoms with E-state index in [2.05, 4.69) is 20.0 Å². The molecule has 4 rings (SSSR count). The SMILES string of the molecule is NC(=O)C1CCN(c2cc(-c3ccccc3)nc3ncnn23)CC1. The number of carbonyl (C=O) groups is 1. The molecule has 1 aromatic carbocycles. The van der Waals surface area contributed by atoms with Crippen LogP contribution in [0.2, 0.25) is 0 Å². The lowest BCUT2D eigenvalue weighted by Gasteiger charge is -2.32. The van der Waals surface area contributed by atoms with E-state index in [-0.39, 0.29) is 11.8 Å². The van der Waals surface area contributed by atoms with Gasteiger partial charge in [0.1, 0.15) is 12.1 Å². The summed E-state index contributed by atoms with van der Waals surface area (Å²) < 4.78 is 1.75. The smallest absolute Gasteiger partial charge is 0.254 e. The lowest BCUT2D eigenvalue weighted by Crippen LogP contribution is -2.39. The summed E-state index contributed by atoms with van der Waals surface area (Å²) in [5.74, 6) is 1.27. The normalized spacial score (nSPS) is 15.8. The van der Waals surface area contributed by atoms with E-state index < -0.39 is 0 Å². The first kappa shape index (κ1) is 14.6. The summed E-state index contributed by atoms with van der Waals surface area (Å²) in [6.07, 6.45) is 3.03. The van der Waals surface area contributed by atoms with E-state index in [1.807, 2.05) is 36.4 Å². The van der Waals surface area contributed by atoms with Gasteiger partial charge in [0.25, 0.3) is 5.78 Å². The van der Waals surface area contributed by atoms with Gasteiger partial charge in [-0.1, -0.05) is 30.3 Å². The van der Waals surface area contributed by atoms with Gasteiger partial charge in [0.15, 0.2) is 0 Å². The second-order valence-corrected chi connectivity index (χ2v) is 6.00. The van der Waals surface area contributed by atoms with Crippen LogP contribution >= 0.6 is 0 Å². The molecule has 0 unspecified atom stereocenters. The summed E-state index contributed by atoms with van der Waals surface area (Å²) in [4.78, 5) is 22.4. The topological polar surface area (TPSA) is 89.4 Å². The number of amides is 1. The van der Waals surface area contributed by atoms with Gasteiger partial charge in [0.05, 0.1) is 5.69 Å². The highest BCUT2D eigenvalue weighted by atomic mass is 16.1. The van der Waals surface area contributed by atoms with Crippen molar-refractivity contribution in [3.8, 4) is 11.3 Å². The molecule has 1 fully saturated rings. The van der Waals surface area contributed by atoms with Crippen LogP contribution in [0.15, 0.2) is 42.7 Å². The molecule has 7 nitrogen and oxygen atoms in total. The number of nitrogens with two attached hydrogens (primary N) is 1. The molecular weight excluding hydrogens is 304 g/mol. The molecule has 0 radical (unpaired) electrons. The molecule has 3 heterocycles. The zero-order chi connectivity index (χ0) is 16.5. The summed E-state index contributed by atoms with van der Waals surface area (Å²) in [5.41, 5.74) is 7.33. The van der Waals surface area contributed by atoms with Crippen LogP contribution in [0.4, 0.5) is 5.82 Å². The monoisotopic (exact) mass is 322 g/mol. The van der Waals surface area contributed by atoms with Crippen molar-refractivity contribution in [1.29, 1.82) is 0 Å². The summed E-state index contributed by atoms with van der Waals surface area (Å²) in [5, 5.41) is 4.29. The molecule has 0 spiro atoms. The second kappa shape index (κ2) is 5.92. The van der Waals surface area contributed by atoms with E-state index in [1.165, 1.54) is 6.33 Å². The van der Waals surface area contributed by atoms with E-state index in [4.69, 9.17) is 5.73 Å². The van der Waals surface area contributed by atoms with Gasteiger partial charge in [-0.3, -0.25) is 4.79 Å². The number of aromatic nitrogens is 4. The maximum Gasteiger partial charge on any atom is 0.254 e. The third kappa shape index (κ3) is 2.58. The summed E-state index contributed by atoms with van der Waals surface area (Å²) in [7, 11) is 0. The fourth-order valence-corrected chi connectivity index (χ4v) is 3.17. The Morgan fingerprint density at radius 2 is 1.92 bits per heavy atom. The lowest BCUT2D eigenvalue weighted by atomic mass is 9.96. The van der Waals surface area contributed by atoms with Gasteiger partial charge in [-0.2, -0.15) is 14.6 Å². The molecule has 0 bridgehead atoms. The molecule has 2 aromatic heterocycles. The first-order chi connectivity index (χ1) is 11.7. The molecule has 1 amide bonds. The average Bonchev–Trinajstić information content (AvgIpc) is 3.10. The minimum Gasteiger partial charge on any atom is -0.369 e. The molecule has 3 aromatic rings. The van der Waals surface area contributed by atoms with Crippen molar-refractivity contribution in [2.75, 3.05) is 18.0 Å². The molecule has 24 heavy (non-hydrogen) atoms. The third-order valence-electron chi connectivity index (χ3n) is 4.52. The molecule has 1 aliphatic heterocycles. The molecule has 1 saturated heterocycles. The number of benzene rings is 1. The number of primary amides is 1. The van der Waals surface area contributed by atoms with E-state index in [1.54, 1.807) is 4.52 Å². The number of hydrogen-bond donors (Lipinski definition) is 1. The van der Waals surface area contributed by atoms with Gasteiger partial charge in [-0.25, -0.2) is 4.98 Å². The van der Waals surface area contributed by atoms with E-state index >= 15 is 0 Å². The zero-order valence-corrected chi connectivity index (χ0v) is 13.2. The van der Waals surface area contributed by atoms with Crippen molar-refractivity contribution in [3.63, 3.8) is 0 Å². The summed E-state index contributed by atoms with van der Waals surface area (Å²) >= 11 is 0. The maximum absolute atomic E-state index is 11.4. The Morgan fingerprint density at radius 3 is 2.62 bits per heavy atom. The zero-order valence-electron chi connectivity index (χ0n) is 13.2. The number of piperidine rings is 1. The predicted octanol–water partition coefficient (Wildman–Crippen LogP) is 1.49. The number of carbonyl (C=O) groups excluding carboxylic acids is 1. The van der Waals surface area contributed by atoms with Gasteiger partial charge in [-0.15, -0.1) is 0 Å². The number of hydrogen-bond acceptors (Lipinski definition) is 5. The molecule has 0 atom stereocenters. The fourth-order valence-electron chi connectivity index (χ4n) is 3.17. The molecular formula is C17H18N6O. The van der Waals surface area contributed by atoms with Crippen LogP contribution in [-0.4, -0.2) is 38.6 Å². The van der Waals surface area contributed by atoms with Crippen LogP contribution < -0.4 is 10.6 Å². The first-order valence-corrected chi connectivity index (χ1v) is 8.03. The summed E-state index contributed by atoms with van der Waals surface area (Å²) in [6, 6.07) is 12.0. The van der Waals surface area contributed by atoms with E-state index in [0.717, 1.165) is 43.0 Å². The van der Waals surface area contributed by atoms with Crippen molar-refractivity contribution < 1.29 is 4.79 Å². The van der Waals surface area contributed by atoms with Crippen LogP contribution in [0.5, 0.6) is 0 Å². The number of rotatable bonds is 3. The standard InChI is InChI=1S/C17H18N6O/c18-16(24)13-6-8-22(9-7-13)15-10-14(12-4-2-1-3-5-12)21-17-19-11-20-23(15)17/h1-5,10-11,13H,6-9H2,(H2,18,24). The van der Waals surface area contributed by atoms with Crippen molar-refractivity contribution in [3.05, 3.63) is 42.7 Å². The Balaban J connectivity index is 1.72. The lowest BCUT2D eigenvalue weighted by molar-refractivity contribution is -0.122. The maximum atomic E-state index is 11.4. The Labute approximate surface area is 139 Å². The van der Waals surface area contributed by atoms with Gasteiger partial charge >= 0.3 is 0 Å². The second-order valence-electron chi connectivity index (χ2n) is 6.00. The van der Waals surface area contributed by atoms with Crippen molar-refractivity contribution >= 4 is 17.5 Å². The quantitative estimate of drug-likeness (QED) is 0.789. The van der Waals surface area contributed by atoms with Crippen LogP contribution in [0.1, 0.15) is 12.8 Å². The van der Waals surface area contributed by atoms with Gasteiger partial charge in [0.2, 0.25) is 5.91 Å². The fraction of sp³-hybridized carbons (Fsp3) is 0.294. The minimum absolute atomic E-state index is 0.0390. The Bertz CT molecular complexity index is 867. The molecule has 1 aliphatic rings. The van der Waals surface area contributed by atoms with E-state index in [0.29, 0.717) is 5.78 Å². The third-order valence-corrected chi connectivity index (χ3v) is 4.52. The van der Waals surface area contributed by atoms with Crippen molar-refractivity contribution in [2.24, 2.45) is 11.7 Å². The van der Waals surface area contributed by atoms with Gasteiger partial charge < -0.3 is 10.6 Å². The van der Waals surface area contributed by atoms with Crippen LogP contribution in [0.3, 0.4) is 0 Å². The predicted molar refractivity (Wildman–Crippen MR) is 90.3 cm³/mol. The highest BCUT2D eigenvalue weighted by Crippen LogP contribution is 2.27. The van der Waals surface area contributed by atoms with Crippen LogP contribution in [0.25, 0.3) is 17.0 Å². The Hall–Kier alpha value is -2.96. The Kier molecular flexibility index (Phi) is 3.60. The number of fused-ring (bicyclic) bond motifs is 1. The average molecular weight is 322 g/mol. The number of anilines is 1. The largest absolute Gasteiger partial charge is 0.369 e. The first-order valence-electron chi connectivity index (χ1n) is 8.03. The highest BCUT2D eigenvalue weighted by Gasteiger charge is 2.25. The van der Waals surface area contributed by atoms with E-state index in [9.17, 15) is 4.79 Å². The van der Waals surface area contributed by atoms with Crippen LogP contribution in [-0.2, 0) is 4.79 Å². The van der Waals surface area contributed by atoms with Crippen molar-refractivity contribution in [1.82, 2.24) is 19.6 Å². The minimum atomic E-state index is -0.208. The van der Waals surface area contributed by atoms with Gasteiger partial charge in [0, 0.05) is 30.6 Å². The molecule has 7 heteroatoms. The molecule has 0 saturated carbocycles. The Morgan fingerprint density at radius 1 is 1.17 bits per heavy atom. The van der Waals surface area contributed by atoms with Crippen molar-refractivity contribution in [2.45, 2.75) is 12.8 Å². The summed E-state index contributed by atoms with van der Waals surface area (Å²) in [6.45, 7) is 1.53. The number of nitrogens with zero attached hydrogens (tertiary/aromatic N) is 5. The molecule has 0 aliphatic carbocycles. The van der Waals surface area contributed by atoms with Crippen LogP contribution in [0, 0.1) is 5.92 Å². The molecule has 122 valence electrons. The van der Waals surface area contributed by atoms with Gasteiger partial charge in [-0.05, 0) is 12.8 Å².